The topological polar surface area (TPSA) is 35.2 Å². The molecule has 0 aromatic heterocycles. The number of rotatable bonds is 1. The van der Waals surface area contributed by atoms with Crippen molar-refractivity contribution in [3.05, 3.63) is 42.0 Å². The van der Waals surface area contributed by atoms with Crippen LogP contribution < -0.4 is 5.73 Å². The molecular weight excluding hydrogens is 150 g/mol. The summed E-state index contributed by atoms with van der Waals surface area (Å²) in [6.45, 7) is 4.33. The Labute approximate surface area is 71.6 Å². The average molecular weight is 161 g/mol. The fraction of sp³-hybridized carbons (Fsp3) is 0.200. The van der Waals surface area contributed by atoms with Crippen molar-refractivity contribution in [3.8, 4) is 0 Å². The van der Waals surface area contributed by atoms with Crippen LogP contribution in [0.2, 0.25) is 0 Å². The van der Waals surface area contributed by atoms with Crippen LogP contribution in [0.15, 0.2) is 30.8 Å². The molecule has 12 heavy (non-hydrogen) atoms. The summed E-state index contributed by atoms with van der Waals surface area (Å²) in [6, 6.07) is 8.01. The summed E-state index contributed by atoms with van der Waals surface area (Å²) in [7, 11) is 0. The standard InChI is InChI=1S/C10H11NO/c1-7-8-4-2-3-5-9(8)10(6-11)12-7/h2-5,10H,1,6,11H2. The van der Waals surface area contributed by atoms with Gasteiger partial charge in [0.15, 0.2) is 0 Å². The van der Waals surface area contributed by atoms with Crippen LogP contribution in [-0.4, -0.2) is 6.54 Å². The van der Waals surface area contributed by atoms with Crippen LogP contribution >= 0.6 is 0 Å². The van der Waals surface area contributed by atoms with Gasteiger partial charge in [0.05, 0.1) is 0 Å². The summed E-state index contributed by atoms with van der Waals surface area (Å²) in [5.41, 5.74) is 7.79. The minimum Gasteiger partial charge on any atom is -0.484 e. The number of hydrogen-bond acceptors (Lipinski definition) is 2. The first-order valence-corrected chi connectivity index (χ1v) is 3.98. The van der Waals surface area contributed by atoms with Gasteiger partial charge in [-0.25, -0.2) is 0 Å². The summed E-state index contributed by atoms with van der Waals surface area (Å²) in [4.78, 5) is 0. The smallest absolute Gasteiger partial charge is 0.137 e. The van der Waals surface area contributed by atoms with Crippen molar-refractivity contribution in [1.29, 1.82) is 0 Å². The van der Waals surface area contributed by atoms with Crippen molar-refractivity contribution < 1.29 is 4.74 Å². The summed E-state index contributed by atoms with van der Waals surface area (Å²) in [5.74, 6) is 0.737. The fourth-order valence-corrected chi connectivity index (χ4v) is 1.51. The first-order valence-electron chi connectivity index (χ1n) is 3.98. The largest absolute Gasteiger partial charge is 0.484 e. The molecule has 1 aliphatic rings. The molecule has 2 heteroatoms. The van der Waals surface area contributed by atoms with E-state index in [0.717, 1.165) is 16.9 Å². The molecule has 2 nitrogen and oxygen atoms in total. The van der Waals surface area contributed by atoms with Crippen LogP contribution in [0, 0.1) is 0 Å². The van der Waals surface area contributed by atoms with Crippen molar-refractivity contribution in [2.75, 3.05) is 6.54 Å². The summed E-state index contributed by atoms with van der Waals surface area (Å²) in [5, 5.41) is 0. The van der Waals surface area contributed by atoms with Crippen molar-refractivity contribution in [1.82, 2.24) is 0 Å². The molecule has 1 unspecified atom stereocenters. The molecule has 1 aliphatic heterocycles. The maximum atomic E-state index is 5.54. The molecule has 2 rings (SSSR count). The lowest BCUT2D eigenvalue weighted by atomic mass is 10.0. The SMILES string of the molecule is C=C1OC(CN)c2ccccc21. The number of fused-ring (bicyclic) bond motifs is 1. The van der Waals surface area contributed by atoms with Crippen molar-refractivity contribution >= 4 is 5.76 Å². The molecule has 62 valence electrons. The zero-order chi connectivity index (χ0) is 8.55. The van der Waals surface area contributed by atoms with Crippen LogP contribution in [0.3, 0.4) is 0 Å². The van der Waals surface area contributed by atoms with Gasteiger partial charge in [0.2, 0.25) is 0 Å². The molecule has 2 N–H and O–H groups in total. The third-order valence-corrected chi connectivity index (χ3v) is 2.11. The Balaban J connectivity index is 2.50. The van der Waals surface area contributed by atoms with E-state index < -0.39 is 0 Å². The molecule has 0 saturated carbocycles. The predicted octanol–water partition coefficient (Wildman–Crippen LogP) is 1.69. The third-order valence-electron chi connectivity index (χ3n) is 2.11. The Bertz CT molecular complexity index is 319. The average Bonchev–Trinajstić information content (AvgIpc) is 2.44. The maximum absolute atomic E-state index is 5.54. The molecule has 1 aromatic rings. The van der Waals surface area contributed by atoms with E-state index in [1.807, 2.05) is 24.3 Å². The summed E-state index contributed by atoms with van der Waals surface area (Å²) >= 11 is 0. The highest BCUT2D eigenvalue weighted by Gasteiger charge is 2.24. The van der Waals surface area contributed by atoms with E-state index in [1.54, 1.807) is 0 Å². The normalized spacial score (nSPS) is 20.4. The van der Waals surface area contributed by atoms with Gasteiger partial charge in [0, 0.05) is 17.7 Å². The monoisotopic (exact) mass is 161 g/mol. The van der Waals surface area contributed by atoms with Gasteiger partial charge in [0.25, 0.3) is 0 Å². The van der Waals surface area contributed by atoms with Crippen molar-refractivity contribution in [3.63, 3.8) is 0 Å². The quantitative estimate of drug-likeness (QED) is 0.680. The fourth-order valence-electron chi connectivity index (χ4n) is 1.51. The number of nitrogens with two attached hydrogens (primary N) is 1. The zero-order valence-electron chi connectivity index (χ0n) is 6.79. The van der Waals surface area contributed by atoms with Gasteiger partial charge in [-0.2, -0.15) is 0 Å². The molecule has 0 bridgehead atoms. The van der Waals surface area contributed by atoms with E-state index in [9.17, 15) is 0 Å². The Morgan fingerprint density at radius 2 is 2.17 bits per heavy atom. The molecule has 1 atom stereocenters. The molecular formula is C10H11NO. The minimum absolute atomic E-state index is 0.00806. The molecule has 0 saturated heterocycles. The first kappa shape index (κ1) is 7.37. The molecule has 0 spiro atoms. The van der Waals surface area contributed by atoms with Crippen molar-refractivity contribution in [2.45, 2.75) is 6.10 Å². The van der Waals surface area contributed by atoms with Crippen LogP contribution in [0.5, 0.6) is 0 Å². The van der Waals surface area contributed by atoms with E-state index in [0.29, 0.717) is 6.54 Å². The van der Waals surface area contributed by atoms with E-state index in [4.69, 9.17) is 10.5 Å². The van der Waals surface area contributed by atoms with E-state index in [2.05, 4.69) is 6.58 Å². The van der Waals surface area contributed by atoms with E-state index >= 15 is 0 Å². The third kappa shape index (κ3) is 0.924. The van der Waals surface area contributed by atoms with Crippen LogP contribution in [0.25, 0.3) is 5.76 Å². The molecule has 0 fully saturated rings. The molecule has 0 radical (unpaired) electrons. The van der Waals surface area contributed by atoms with Gasteiger partial charge in [-0.05, 0) is 0 Å². The highest BCUT2D eigenvalue weighted by Crippen LogP contribution is 2.36. The minimum atomic E-state index is 0.00806. The number of hydrogen-bond donors (Lipinski definition) is 1. The molecule has 1 heterocycles. The lowest BCUT2D eigenvalue weighted by Gasteiger charge is -2.06. The second kappa shape index (κ2) is 2.64. The lowest BCUT2D eigenvalue weighted by molar-refractivity contribution is 0.197. The Morgan fingerprint density at radius 3 is 2.92 bits per heavy atom. The summed E-state index contributed by atoms with van der Waals surface area (Å²) in [6.07, 6.45) is 0.00806. The first-order chi connectivity index (χ1) is 5.83. The predicted molar refractivity (Wildman–Crippen MR) is 48.4 cm³/mol. The Kier molecular flexibility index (Phi) is 1.62. The van der Waals surface area contributed by atoms with Gasteiger partial charge in [-0.3, -0.25) is 0 Å². The second-order valence-corrected chi connectivity index (χ2v) is 2.85. The van der Waals surface area contributed by atoms with Gasteiger partial charge in [-0.1, -0.05) is 30.8 Å². The molecule has 0 amide bonds. The van der Waals surface area contributed by atoms with Gasteiger partial charge in [0.1, 0.15) is 11.9 Å². The summed E-state index contributed by atoms with van der Waals surface area (Å²) < 4.78 is 5.46. The van der Waals surface area contributed by atoms with Crippen molar-refractivity contribution in [2.24, 2.45) is 5.73 Å². The highest BCUT2D eigenvalue weighted by atomic mass is 16.5. The Morgan fingerprint density at radius 1 is 1.42 bits per heavy atom. The van der Waals surface area contributed by atoms with Crippen LogP contribution in [0.4, 0.5) is 0 Å². The van der Waals surface area contributed by atoms with Gasteiger partial charge in [-0.15, -0.1) is 0 Å². The number of benzene rings is 1. The van der Waals surface area contributed by atoms with E-state index in [1.165, 1.54) is 0 Å². The van der Waals surface area contributed by atoms with Gasteiger partial charge < -0.3 is 10.5 Å². The van der Waals surface area contributed by atoms with E-state index in [-0.39, 0.29) is 6.10 Å². The van der Waals surface area contributed by atoms with Crippen LogP contribution in [-0.2, 0) is 4.74 Å². The lowest BCUT2D eigenvalue weighted by Crippen LogP contribution is -2.10. The Hall–Kier alpha value is -1.28. The second-order valence-electron chi connectivity index (χ2n) is 2.85. The molecule has 0 aliphatic carbocycles. The zero-order valence-corrected chi connectivity index (χ0v) is 6.79. The van der Waals surface area contributed by atoms with Crippen LogP contribution in [0.1, 0.15) is 17.2 Å². The highest BCUT2D eigenvalue weighted by molar-refractivity contribution is 5.65. The maximum Gasteiger partial charge on any atom is 0.137 e. The molecule has 1 aromatic carbocycles. The number of ether oxygens (including phenoxy) is 1. The van der Waals surface area contributed by atoms with Gasteiger partial charge >= 0.3 is 0 Å².